The molecule has 3 rings (SSSR count). The van der Waals surface area contributed by atoms with Gasteiger partial charge in [-0.15, -0.1) is 0 Å². The largest absolute Gasteiger partial charge is 0.457 e. The number of esters is 1. The summed E-state index contributed by atoms with van der Waals surface area (Å²) in [6, 6.07) is 11.7. The van der Waals surface area contributed by atoms with Crippen molar-refractivity contribution in [1.29, 1.82) is 0 Å². The Bertz CT molecular complexity index is 814. The Kier molecular flexibility index (Phi) is 3.71. The van der Waals surface area contributed by atoms with E-state index < -0.39 is 0 Å². The van der Waals surface area contributed by atoms with Crippen LogP contribution in [0.5, 0.6) is 5.75 Å². The fourth-order valence-corrected chi connectivity index (χ4v) is 3.11. The number of halogens is 1. The molecule has 0 fully saturated rings. The highest BCUT2D eigenvalue weighted by molar-refractivity contribution is 14.1. The first kappa shape index (κ1) is 14.1. The molecular formula is C17H13IO3. The van der Waals surface area contributed by atoms with Gasteiger partial charge in [0.1, 0.15) is 11.3 Å². The lowest BCUT2D eigenvalue weighted by Crippen LogP contribution is -2.10. The van der Waals surface area contributed by atoms with Crippen molar-refractivity contribution in [3.8, 4) is 5.75 Å². The van der Waals surface area contributed by atoms with Crippen LogP contribution < -0.4 is 4.74 Å². The fraction of sp³-hybridized carbons (Fsp3) is 0.118. The standard InChI is InChI=1S/C17H13IO3/c1-10-5-3-7-13-12(10)6-4-8-14(13)21-17(19)15-11(2)9-20-16(15)18/h3-9H,1-2H3. The molecule has 21 heavy (non-hydrogen) atoms. The smallest absolute Gasteiger partial charge is 0.348 e. The Morgan fingerprint density at radius 3 is 2.48 bits per heavy atom. The van der Waals surface area contributed by atoms with Crippen LogP contribution in [0.2, 0.25) is 0 Å². The van der Waals surface area contributed by atoms with Crippen molar-refractivity contribution in [2.75, 3.05) is 0 Å². The Morgan fingerprint density at radius 1 is 1.05 bits per heavy atom. The zero-order chi connectivity index (χ0) is 15.0. The van der Waals surface area contributed by atoms with E-state index >= 15 is 0 Å². The number of hydrogen-bond acceptors (Lipinski definition) is 3. The van der Waals surface area contributed by atoms with Gasteiger partial charge in [-0.3, -0.25) is 0 Å². The molecule has 0 amide bonds. The van der Waals surface area contributed by atoms with Gasteiger partial charge in [-0.05, 0) is 30.9 Å². The maximum atomic E-state index is 12.4. The third-order valence-electron chi connectivity index (χ3n) is 3.44. The summed E-state index contributed by atoms with van der Waals surface area (Å²) in [6.07, 6.45) is 1.56. The van der Waals surface area contributed by atoms with Crippen LogP contribution in [-0.4, -0.2) is 5.97 Å². The molecule has 1 heterocycles. The molecule has 0 N–H and O–H groups in total. The third kappa shape index (κ3) is 2.55. The van der Waals surface area contributed by atoms with Crippen LogP contribution >= 0.6 is 22.6 Å². The van der Waals surface area contributed by atoms with E-state index in [-0.39, 0.29) is 5.97 Å². The zero-order valence-corrected chi connectivity index (χ0v) is 13.8. The van der Waals surface area contributed by atoms with Crippen molar-refractivity contribution >= 4 is 39.3 Å². The van der Waals surface area contributed by atoms with E-state index in [1.165, 1.54) is 0 Å². The molecule has 0 saturated heterocycles. The molecule has 0 radical (unpaired) electrons. The zero-order valence-electron chi connectivity index (χ0n) is 11.6. The van der Waals surface area contributed by atoms with Crippen LogP contribution in [0.4, 0.5) is 0 Å². The van der Waals surface area contributed by atoms with Gasteiger partial charge in [0, 0.05) is 33.5 Å². The van der Waals surface area contributed by atoms with Crippen molar-refractivity contribution < 1.29 is 13.9 Å². The van der Waals surface area contributed by atoms with E-state index in [0.717, 1.165) is 21.9 Å². The highest BCUT2D eigenvalue weighted by atomic mass is 127. The average Bonchev–Trinajstić information content (AvgIpc) is 2.79. The average molecular weight is 392 g/mol. The second kappa shape index (κ2) is 5.52. The molecule has 0 unspecified atom stereocenters. The maximum absolute atomic E-state index is 12.4. The molecule has 2 aromatic carbocycles. The van der Waals surface area contributed by atoms with Crippen molar-refractivity contribution in [1.82, 2.24) is 0 Å². The van der Waals surface area contributed by atoms with Crippen molar-refractivity contribution in [2.24, 2.45) is 0 Å². The Morgan fingerprint density at radius 2 is 1.76 bits per heavy atom. The van der Waals surface area contributed by atoms with E-state index in [1.54, 1.807) is 6.26 Å². The number of carbonyl (C=O) groups is 1. The first-order valence-corrected chi connectivity index (χ1v) is 7.60. The lowest BCUT2D eigenvalue weighted by atomic mass is 10.1. The van der Waals surface area contributed by atoms with Gasteiger partial charge in [0.25, 0.3) is 0 Å². The molecule has 3 aromatic rings. The first-order chi connectivity index (χ1) is 10.1. The Labute approximate surface area is 136 Å². The Balaban J connectivity index is 2.03. The summed E-state index contributed by atoms with van der Waals surface area (Å²) in [4.78, 5) is 12.4. The third-order valence-corrected chi connectivity index (χ3v) is 4.23. The summed E-state index contributed by atoms with van der Waals surface area (Å²) in [7, 11) is 0. The topological polar surface area (TPSA) is 39.4 Å². The number of hydrogen-bond donors (Lipinski definition) is 0. The molecule has 0 aliphatic carbocycles. The predicted molar refractivity (Wildman–Crippen MR) is 89.8 cm³/mol. The quantitative estimate of drug-likeness (QED) is 0.355. The van der Waals surface area contributed by atoms with Gasteiger partial charge < -0.3 is 9.15 Å². The van der Waals surface area contributed by atoms with Crippen molar-refractivity contribution in [3.63, 3.8) is 0 Å². The second-order valence-corrected chi connectivity index (χ2v) is 5.86. The van der Waals surface area contributed by atoms with Gasteiger partial charge in [-0.25, -0.2) is 4.79 Å². The van der Waals surface area contributed by atoms with Gasteiger partial charge >= 0.3 is 5.97 Å². The summed E-state index contributed by atoms with van der Waals surface area (Å²) in [5, 5.41) is 2.02. The van der Waals surface area contributed by atoms with Crippen LogP contribution in [0.3, 0.4) is 0 Å². The van der Waals surface area contributed by atoms with Crippen LogP contribution in [0.1, 0.15) is 21.5 Å². The minimum atomic E-state index is -0.389. The maximum Gasteiger partial charge on any atom is 0.348 e. The summed E-state index contributed by atoms with van der Waals surface area (Å²) < 4.78 is 11.4. The minimum Gasteiger partial charge on any atom is -0.457 e. The number of carbonyl (C=O) groups excluding carboxylic acids is 1. The summed E-state index contributed by atoms with van der Waals surface area (Å²) in [5.41, 5.74) is 2.42. The van der Waals surface area contributed by atoms with E-state index in [4.69, 9.17) is 9.15 Å². The molecule has 0 spiro atoms. The number of fused-ring (bicyclic) bond motifs is 1. The van der Waals surface area contributed by atoms with Gasteiger partial charge in [-0.2, -0.15) is 0 Å². The van der Waals surface area contributed by atoms with Crippen molar-refractivity contribution in [3.05, 3.63) is 63.1 Å². The molecule has 3 nitrogen and oxygen atoms in total. The highest BCUT2D eigenvalue weighted by Gasteiger charge is 2.19. The predicted octanol–water partition coefficient (Wildman–Crippen LogP) is 4.87. The summed E-state index contributed by atoms with van der Waals surface area (Å²) >= 11 is 2.00. The van der Waals surface area contributed by atoms with Crippen LogP contribution in [0.25, 0.3) is 10.8 Å². The molecule has 0 saturated carbocycles. The highest BCUT2D eigenvalue weighted by Crippen LogP contribution is 2.29. The van der Waals surface area contributed by atoms with E-state index in [2.05, 4.69) is 0 Å². The fourth-order valence-electron chi connectivity index (χ4n) is 2.33. The monoisotopic (exact) mass is 392 g/mol. The molecule has 0 bridgehead atoms. The van der Waals surface area contributed by atoms with E-state index in [1.807, 2.05) is 72.8 Å². The van der Waals surface area contributed by atoms with Gasteiger partial charge in [0.05, 0.1) is 6.26 Å². The van der Waals surface area contributed by atoms with Crippen molar-refractivity contribution in [2.45, 2.75) is 13.8 Å². The second-order valence-electron chi connectivity index (χ2n) is 4.88. The number of rotatable bonds is 2. The van der Waals surface area contributed by atoms with Crippen LogP contribution in [-0.2, 0) is 0 Å². The first-order valence-electron chi connectivity index (χ1n) is 6.52. The van der Waals surface area contributed by atoms with Gasteiger partial charge in [0.2, 0.25) is 0 Å². The van der Waals surface area contributed by atoms with E-state index in [0.29, 0.717) is 15.1 Å². The number of aryl methyl sites for hydroxylation is 2. The van der Waals surface area contributed by atoms with Gasteiger partial charge in [-0.1, -0.05) is 30.3 Å². The summed E-state index contributed by atoms with van der Waals surface area (Å²) in [5.74, 6) is 0.178. The number of furan rings is 1. The van der Waals surface area contributed by atoms with Crippen LogP contribution in [0.15, 0.2) is 47.1 Å². The lowest BCUT2D eigenvalue weighted by molar-refractivity contribution is 0.0734. The molecule has 4 heteroatoms. The molecular weight excluding hydrogens is 379 g/mol. The number of benzene rings is 2. The molecule has 0 aliphatic heterocycles. The molecule has 1 aromatic heterocycles. The Hall–Kier alpha value is -1.82. The number of ether oxygens (including phenoxy) is 1. The summed E-state index contributed by atoms with van der Waals surface area (Å²) in [6.45, 7) is 3.87. The van der Waals surface area contributed by atoms with Crippen LogP contribution in [0, 0.1) is 17.6 Å². The van der Waals surface area contributed by atoms with E-state index in [9.17, 15) is 4.79 Å². The molecule has 106 valence electrons. The van der Waals surface area contributed by atoms with Gasteiger partial charge in [0.15, 0.2) is 3.77 Å². The molecule has 0 aliphatic rings. The lowest BCUT2D eigenvalue weighted by Gasteiger charge is -2.09. The molecule has 0 atom stereocenters. The normalized spacial score (nSPS) is 10.8. The SMILES string of the molecule is Cc1coc(I)c1C(=O)Oc1cccc2c(C)cccc12. The minimum absolute atomic E-state index is 0.389.